The van der Waals surface area contributed by atoms with Gasteiger partial charge in [-0.1, -0.05) is 25.6 Å². The summed E-state index contributed by atoms with van der Waals surface area (Å²) >= 11 is 1.37. The van der Waals surface area contributed by atoms with Gasteiger partial charge in [-0.25, -0.2) is 9.97 Å². The van der Waals surface area contributed by atoms with Crippen LogP contribution in [0.1, 0.15) is 33.6 Å². The van der Waals surface area contributed by atoms with Crippen molar-refractivity contribution in [3.8, 4) is 5.75 Å². The fourth-order valence-electron chi connectivity index (χ4n) is 3.09. The second-order valence-corrected chi connectivity index (χ2v) is 11.2. The molecule has 0 aliphatic carbocycles. The maximum Gasteiger partial charge on any atom is 0.409 e. The molecular formula is C24H32N5O11PS. The van der Waals surface area contributed by atoms with Gasteiger partial charge in [-0.3, -0.25) is 14.2 Å². The van der Waals surface area contributed by atoms with Crippen molar-refractivity contribution >= 4 is 48.4 Å². The van der Waals surface area contributed by atoms with Gasteiger partial charge in [0.25, 0.3) is 0 Å². The first kappa shape index (κ1) is 33.2. The molecule has 0 saturated heterocycles. The molecule has 16 nitrogen and oxygen atoms in total. The molecule has 0 aliphatic rings. The number of rotatable bonds is 18. The third-order valence-corrected chi connectivity index (χ3v) is 7.26. The van der Waals surface area contributed by atoms with Crippen molar-refractivity contribution in [1.82, 2.24) is 19.5 Å². The van der Waals surface area contributed by atoms with E-state index in [1.54, 1.807) is 38.8 Å². The second kappa shape index (κ2) is 16.4. The van der Waals surface area contributed by atoms with Crippen LogP contribution in [0, 0.1) is 0 Å². The number of carbonyl (C=O) groups excluding carboxylic acids is 2. The van der Waals surface area contributed by atoms with Gasteiger partial charge in [0.2, 0.25) is 19.5 Å². The zero-order valence-electron chi connectivity index (χ0n) is 23.4. The van der Waals surface area contributed by atoms with E-state index in [-0.39, 0.29) is 25.3 Å². The van der Waals surface area contributed by atoms with Crippen LogP contribution in [0.15, 0.2) is 40.5 Å². The molecule has 1 atom stereocenters. The quantitative estimate of drug-likeness (QED) is 0.0405. The molecule has 0 radical (unpaired) electrons. The van der Waals surface area contributed by atoms with Crippen LogP contribution in [0.2, 0.25) is 0 Å². The Morgan fingerprint density at radius 1 is 1.02 bits per heavy atom. The minimum Gasteiger partial charge on any atom is -0.497 e. The highest BCUT2D eigenvalue weighted by molar-refractivity contribution is 7.99. The molecule has 0 bridgehead atoms. The zero-order valence-corrected chi connectivity index (χ0v) is 25.1. The van der Waals surface area contributed by atoms with Crippen LogP contribution >= 0.6 is 19.4 Å². The van der Waals surface area contributed by atoms with Crippen LogP contribution in [0.25, 0.3) is 11.2 Å². The lowest BCUT2D eigenvalue weighted by atomic mass is 10.3. The molecule has 42 heavy (non-hydrogen) atoms. The van der Waals surface area contributed by atoms with Crippen molar-refractivity contribution in [1.29, 1.82) is 0 Å². The average molecular weight is 630 g/mol. The van der Waals surface area contributed by atoms with Crippen LogP contribution in [0.4, 0.5) is 5.95 Å². The number of ether oxygens (including phenoxy) is 4. The summed E-state index contributed by atoms with van der Waals surface area (Å²) < 4.78 is 44.7. The van der Waals surface area contributed by atoms with Crippen LogP contribution in [0.3, 0.4) is 0 Å². The largest absolute Gasteiger partial charge is 0.497 e. The molecule has 2 heterocycles. The van der Waals surface area contributed by atoms with E-state index in [4.69, 9.17) is 43.8 Å². The number of aromatic nitrogens is 4. The number of hydrogen-bond acceptors (Lipinski definition) is 16. The van der Waals surface area contributed by atoms with Crippen LogP contribution in [0.5, 0.6) is 5.75 Å². The summed E-state index contributed by atoms with van der Waals surface area (Å²) in [4.78, 5) is 45.9. The molecule has 0 spiro atoms. The standard InChI is InChI=1S/C24H32N5O11PS/c1-5-19(30)34-13-37-39-41(32,40-38-14-35-20(31)6-2)15-36-16(3)11-29-12-26-21-22(29)27-24(25)28-23(21)42-18-9-7-17(33-4)8-10-18/h7-10,12,16H,5-6,11,13-15H2,1-4H3,(H2,25,27,28). The number of fused-ring (bicyclic) bond motifs is 1. The number of carbonyl (C=O) groups is 2. The van der Waals surface area contributed by atoms with Gasteiger partial charge < -0.3 is 29.2 Å². The first-order valence-corrected chi connectivity index (χ1v) is 15.1. The van der Waals surface area contributed by atoms with E-state index in [0.717, 1.165) is 10.6 Å². The van der Waals surface area contributed by atoms with Crippen molar-refractivity contribution in [2.24, 2.45) is 0 Å². The van der Waals surface area contributed by atoms with Gasteiger partial charge in [-0.15, -0.1) is 9.35 Å². The molecule has 2 aromatic heterocycles. The predicted molar refractivity (Wildman–Crippen MR) is 147 cm³/mol. The monoisotopic (exact) mass is 629 g/mol. The third kappa shape index (κ3) is 10.2. The number of anilines is 1. The van der Waals surface area contributed by atoms with Crippen molar-refractivity contribution in [3.63, 3.8) is 0 Å². The fourth-order valence-corrected chi connectivity index (χ4v) is 4.92. The van der Waals surface area contributed by atoms with Gasteiger partial charge in [0.15, 0.2) is 12.0 Å². The van der Waals surface area contributed by atoms with E-state index in [1.165, 1.54) is 11.8 Å². The minimum atomic E-state index is -4.24. The number of esters is 2. The topological polar surface area (TPSA) is 195 Å². The summed E-state index contributed by atoms with van der Waals surface area (Å²) in [5, 5.41) is 0.558. The summed E-state index contributed by atoms with van der Waals surface area (Å²) in [6, 6.07) is 7.44. The van der Waals surface area contributed by atoms with Crippen molar-refractivity contribution in [2.75, 3.05) is 32.8 Å². The molecule has 3 aromatic rings. The van der Waals surface area contributed by atoms with Gasteiger partial charge in [-0.05, 0) is 31.2 Å². The highest BCUT2D eigenvalue weighted by Crippen LogP contribution is 2.49. The Balaban J connectivity index is 1.64. The molecule has 0 amide bonds. The van der Waals surface area contributed by atoms with Crippen molar-refractivity contribution < 1.29 is 52.2 Å². The molecule has 18 heteroatoms. The minimum absolute atomic E-state index is 0.0574. The maximum atomic E-state index is 13.1. The molecular weight excluding hydrogens is 597 g/mol. The first-order chi connectivity index (χ1) is 20.2. The number of nitrogens with zero attached hydrogens (tertiary/aromatic N) is 4. The van der Waals surface area contributed by atoms with Gasteiger partial charge in [0.1, 0.15) is 16.3 Å². The number of hydrogen-bond donors (Lipinski definition) is 1. The highest BCUT2D eigenvalue weighted by Gasteiger charge is 2.31. The van der Waals surface area contributed by atoms with Crippen LogP contribution in [-0.4, -0.2) is 64.6 Å². The summed E-state index contributed by atoms with van der Waals surface area (Å²) in [6.07, 6.45) is 0.531. The molecule has 0 saturated carbocycles. The van der Waals surface area contributed by atoms with E-state index < -0.39 is 45.6 Å². The summed E-state index contributed by atoms with van der Waals surface area (Å²) in [5.41, 5.74) is 6.97. The van der Waals surface area contributed by atoms with E-state index in [2.05, 4.69) is 15.0 Å². The van der Waals surface area contributed by atoms with Crippen molar-refractivity contribution in [2.45, 2.75) is 56.2 Å². The van der Waals surface area contributed by atoms with Gasteiger partial charge >= 0.3 is 19.5 Å². The number of imidazole rings is 1. The summed E-state index contributed by atoms with van der Waals surface area (Å²) in [7, 11) is -2.65. The second-order valence-electron chi connectivity index (χ2n) is 8.31. The van der Waals surface area contributed by atoms with E-state index >= 15 is 0 Å². The smallest absolute Gasteiger partial charge is 0.409 e. The Labute approximate surface area is 245 Å². The molecule has 2 N–H and O–H groups in total. The Bertz CT molecular complexity index is 1350. The molecule has 230 valence electrons. The number of benzene rings is 1. The Hall–Kier alpha value is -3.31. The van der Waals surface area contributed by atoms with Gasteiger partial charge in [0.05, 0.1) is 26.1 Å². The van der Waals surface area contributed by atoms with Crippen molar-refractivity contribution in [3.05, 3.63) is 30.6 Å². The van der Waals surface area contributed by atoms with E-state index in [9.17, 15) is 14.2 Å². The van der Waals surface area contributed by atoms with Gasteiger partial charge in [0, 0.05) is 17.7 Å². The SMILES string of the molecule is CCC(=O)OCOOP(=O)(COC(C)Cn1cnc2c(Sc3ccc(OC)cc3)nc(N)nc21)OOCOC(=O)CC. The molecule has 0 fully saturated rings. The van der Waals surface area contributed by atoms with E-state index in [0.29, 0.717) is 16.2 Å². The Morgan fingerprint density at radius 2 is 1.64 bits per heavy atom. The van der Waals surface area contributed by atoms with Crippen LogP contribution < -0.4 is 10.5 Å². The third-order valence-electron chi connectivity index (χ3n) is 5.14. The predicted octanol–water partition coefficient (Wildman–Crippen LogP) is 3.84. The van der Waals surface area contributed by atoms with Crippen LogP contribution in [-0.2, 0) is 54.0 Å². The first-order valence-electron chi connectivity index (χ1n) is 12.6. The van der Waals surface area contributed by atoms with E-state index in [1.807, 2.05) is 24.3 Å². The number of nitrogens with two attached hydrogens (primary N) is 1. The lowest BCUT2D eigenvalue weighted by Crippen LogP contribution is -2.19. The zero-order chi connectivity index (χ0) is 30.5. The maximum absolute atomic E-state index is 13.1. The number of methoxy groups -OCH3 is 1. The fraction of sp³-hybridized carbons (Fsp3) is 0.458. The Morgan fingerprint density at radius 3 is 2.21 bits per heavy atom. The molecule has 3 rings (SSSR count). The molecule has 0 aliphatic heterocycles. The normalized spacial score (nSPS) is 12.3. The highest BCUT2D eigenvalue weighted by atomic mass is 32.2. The average Bonchev–Trinajstić information content (AvgIpc) is 3.38. The number of nitrogen functional groups attached to an aromatic ring is 1. The lowest BCUT2D eigenvalue weighted by molar-refractivity contribution is -0.310. The molecule has 1 unspecified atom stereocenters. The summed E-state index contributed by atoms with van der Waals surface area (Å²) in [5.74, 6) is -0.348. The van der Waals surface area contributed by atoms with Gasteiger partial charge in [-0.2, -0.15) is 14.8 Å². The lowest BCUT2D eigenvalue weighted by Gasteiger charge is -2.19. The Kier molecular flexibility index (Phi) is 12.9. The summed E-state index contributed by atoms with van der Waals surface area (Å²) in [6.45, 7) is 3.77. The molecule has 1 aromatic carbocycles.